The molecule has 2 aliphatic rings. The van der Waals surface area contributed by atoms with Gasteiger partial charge in [0.1, 0.15) is 0 Å². The first-order chi connectivity index (χ1) is 9.59. The quantitative estimate of drug-likeness (QED) is 0.700. The average Bonchev–Trinajstić information content (AvgIpc) is 2.46. The lowest BCUT2D eigenvalue weighted by Crippen LogP contribution is -2.48. The van der Waals surface area contributed by atoms with Gasteiger partial charge >= 0.3 is 0 Å². The van der Waals surface area contributed by atoms with Gasteiger partial charge in [-0.15, -0.1) is 0 Å². The van der Waals surface area contributed by atoms with Gasteiger partial charge in [-0.05, 0) is 38.4 Å². The van der Waals surface area contributed by atoms with Crippen LogP contribution in [0.5, 0.6) is 0 Å². The molecule has 6 nitrogen and oxygen atoms in total. The Morgan fingerprint density at radius 3 is 3.00 bits per heavy atom. The van der Waals surface area contributed by atoms with Crippen molar-refractivity contribution < 1.29 is 13.2 Å². The molecule has 7 heteroatoms. The highest BCUT2D eigenvalue weighted by molar-refractivity contribution is 7.89. The van der Waals surface area contributed by atoms with Crippen molar-refractivity contribution in [1.29, 1.82) is 0 Å². The van der Waals surface area contributed by atoms with E-state index in [0.29, 0.717) is 13.2 Å². The second-order valence-electron chi connectivity index (χ2n) is 5.73. The van der Waals surface area contributed by atoms with Crippen LogP contribution in [0, 0.1) is 5.92 Å². The molecule has 2 N–H and O–H groups in total. The van der Waals surface area contributed by atoms with Gasteiger partial charge in [0.2, 0.25) is 10.0 Å². The fraction of sp³-hybridized carbons (Fsp3) is 1.00. The van der Waals surface area contributed by atoms with E-state index in [1.54, 1.807) is 0 Å². The third kappa shape index (κ3) is 5.29. The van der Waals surface area contributed by atoms with Gasteiger partial charge in [0.15, 0.2) is 0 Å². The number of sulfonamides is 1. The van der Waals surface area contributed by atoms with Gasteiger partial charge in [-0.25, -0.2) is 13.1 Å². The predicted molar refractivity (Wildman–Crippen MR) is 79.2 cm³/mol. The van der Waals surface area contributed by atoms with Crippen LogP contribution in [0.3, 0.4) is 0 Å². The standard InChI is InChI=1S/C13H27N3O3S/c1-2-16-6-7-19-13(10-16)9-15-20(17,18)11-12-4-3-5-14-8-12/h12-15H,2-11H2,1H3. The highest BCUT2D eigenvalue weighted by atomic mass is 32.2. The number of hydrogen-bond donors (Lipinski definition) is 2. The molecule has 0 saturated carbocycles. The SMILES string of the molecule is CCN1CCOC(CNS(=O)(=O)CC2CCCNC2)C1. The number of piperidine rings is 1. The summed E-state index contributed by atoms with van der Waals surface area (Å²) in [6.45, 7) is 7.74. The number of likely N-dealkylation sites (N-methyl/N-ethyl adjacent to an activating group) is 1. The molecule has 2 saturated heterocycles. The second kappa shape index (κ2) is 7.70. The van der Waals surface area contributed by atoms with Crippen molar-refractivity contribution in [1.82, 2.24) is 14.9 Å². The Labute approximate surface area is 122 Å². The molecule has 2 aliphatic heterocycles. The molecule has 0 spiro atoms. The first-order valence-corrected chi connectivity index (χ1v) is 9.26. The third-order valence-electron chi connectivity index (χ3n) is 4.06. The number of nitrogens with zero attached hydrogens (tertiary/aromatic N) is 1. The smallest absolute Gasteiger partial charge is 0.212 e. The molecular formula is C13H27N3O3S. The summed E-state index contributed by atoms with van der Waals surface area (Å²) in [6.07, 6.45) is 2.04. The number of ether oxygens (including phenoxy) is 1. The first-order valence-electron chi connectivity index (χ1n) is 7.61. The molecular weight excluding hydrogens is 278 g/mol. The third-order valence-corrected chi connectivity index (χ3v) is 5.57. The summed E-state index contributed by atoms with van der Waals surface area (Å²) in [6, 6.07) is 0. The summed E-state index contributed by atoms with van der Waals surface area (Å²) in [4.78, 5) is 2.29. The normalized spacial score (nSPS) is 29.4. The minimum atomic E-state index is -3.19. The Bertz CT molecular complexity index is 382. The lowest BCUT2D eigenvalue weighted by Gasteiger charge is -2.32. The van der Waals surface area contributed by atoms with Crippen LogP contribution in [0.1, 0.15) is 19.8 Å². The second-order valence-corrected chi connectivity index (χ2v) is 7.58. The van der Waals surface area contributed by atoms with Crippen LogP contribution in [0.25, 0.3) is 0 Å². The highest BCUT2D eigenvalue weighted by Gasteiger charge is 2.24. The highest BCUT2D eigenvalue weighted by Crippen LogP contribution is 2.12. The minimum Gasteiger partial charge on any atom is -0.374 e. The molecule has 0 amide bonds. The van der Waals surface area contributed by atoms with E-state index in [-0.39, 0.29) is 17.8 Å². The Hall–Kier alpha value is -0.210. The number of hydrogen-bond acceptors (Lipinski definition) is 5. The first kappa shape index (κ1) is 16.2. The maximum Gasteiger partial charge on any atom is 0.212 e. The summed E-state index contributed by atoms with van der Waals surface area (Å²) in [7, 11) is -3.19. The summed E-state index contributed by atoms with van der Waals surface area (Å²) in [5, 5.41) is 3.25. The zero-order valence-corrected chi connectivity index (χ0v) is 13.1. The predicted octanol–water partition coefficient (Wildman–Crippen LogP) is -0.374. The topological polar surface area (TPSA) is 70.7 Å². The van der Waals surface area contributed by atoms with E-state index >= 15 is 0 Å². The van der Waals surface area contributed by atoms with Gasteiger partial charge in [-0.3, -0.25) is 4.90 Å². The van der Waals surface area contributed by atoms with Crippen molar-refractivity contribution >= 4 is 10.0 Å². The van der Waals surface area contributed by atoms with E-state index in [4.69, 9.17) is 4.74 Å². The van der Waals surface area contributed by atoms with Crippen molar-refractivity contribution in [2.45, 2.75) is 25.9 Å². The minimum absolute atomic E-state index is 0.0250. The van der Waals surface area contributed by atoms with E-state index < -0.39 is 10.0 Å². The molecule has 2 rings (SSSR count). The molecule has 2 atom stereocenters. The Kier molecular flexibility index (Phi) is 6.22. The maximum atomic E-state index is 12.1. The number of rotatable bonds is 6. The van der Waals surface area contributed by atoms with Crippen LogP contribution in [0.4, 0.5) is 0 Å². The van der Waals surface area contributed by atoms with Crippen molar-refractivity contribution in [3.8, 4) is 0 Å². The van der Waals surface area contributed by atoms with E-state index in [1.807, 2.05) is 0 Å². The monoisotopic (exact) mass is 305 g/mol. The van der Waals surface area contributed by atoms with E-state index in [9.17, 15) is 8.42 Å². The molecule has 118 valence electrons. The summed E-state index contributed by atoms with van der Waals surface area (Å²) >= 11 is 0. The van der Waals surface area contributed by atoms with Crippen molar-refractivity contribution in [2.75, 3.05) is 51.6 Å². The number of nitrogens with one attached hydrogen (secondary N) is 2. The molecule has 0 aliphatic carbocycles. The molecule has 20 heavy (non-hydrogen) atoms. The molecule has 0 aromatic rings. The average molecular weight is 305 g/mol. The lowest BCUT2D eigenvalue weighted by atomic mass is 10.0. The maximum absolute atomic E-state index is 12.1. The Morgan fingerprint density at radius 1 is 1.45 bits per heavy atom. The molecule has 0 radical (unpaired) electrons. The van der Waals surface area contributed by atoms with Gasteiger partial charge < -0.3 is 10.1 Å². The van der Waals surface area contributed by atoms with Crippen molar-refractivity contribution in [2.24, 2.45) is 5.92 Å². The van der Waals surface area contributed by atoms with Gasteiger partial charge in [-0.2, -0.15) is 0 Å². The fourth-order valence-electron chi connectivity index (χ4n) is 2.85. The van der Waals surface area contributed by atoms with Gasteiger partial charge in [0.25, 0.3) is 0 Å². The van der Waals surface area contributed by atoms with Crippen LogP contribution in [0.2, 0.25) is 0 Å². The largest absolute Gasteiger partial charge is 0.374 e. The van der Waals surface area contributed by atoms with Crippen LogP contribution in [-0.4, -0.2) is 71.0 Å². The van der Waals surface area contributed by atoms with Gasteiger partial charge in [0.05, 0.1) is 18.5 Å². The molecule has 2 heterocycles. The molecule has 0 aromatic heterocycles. The molecule has 2 fully saturated rings. The molecule has 0 bridgehead atoms. The Balaban J connectivity index is 1.73. The van der Waals surface area contributed by atoms with Crippen molar-refractivity contribution in [3.63, 3.8) is 0 Å². The van der Waals surface area contributed by atoms with Crippen LogP contribution in [0.15, 0.2) is 0 Å². The lowest BCUT2D eigenvalue weighted by molar-refractivity contribution is -0.0229. The summed E-state index contributed by atoms with van der Waals surface area (Å²) in [5.41, 5.74) is 0. The Morgan fingerprint density at radius 2 is 2.30 bits per heavy atom. The van der Waals surface area contributed by atoms with E-state index in [2.05, 4.69) is 21.9 Å². The molecule has 2 unspecified atom stereocenters. The zero-order valence-electron chi connectivity index (χ0n) is 12.3. The van der Waals surface area contributed by atoms with Crippen LogP contribution in [-0.2, 0) is 14.8 Å². The fourth-order valence-corrected chi connectivity index (χ4v) is 4.31. The van der Waals surface area contributed by atoms with Gasteiger partial charge in [-0.1, -0.05) is 6.92 Å². The van der Waals surface area contributed by atoms with Crippen LogP contribution >= 0.6 is 0 Å². The van der Waals surface area contributed by atoms with Crippen LogP contribution < -0.4 is 10.0 Å². The van der Waals surface area contributed by atoms with E-state index in [1.165, 1.54) is 0 Å². The van der Waals surface area contributed by atoms with E-state index in [0.717, 1.165) is 45.6 Å². The van der Waals surface area contributed by atoms with Gasteiger partial charge in [0, 0.05) is 19.6 Å². The summed E-state index contributed by atoms with van der Waals surface area (Å²) < 4.78 is 32.5. The van der Waals surface area contributed by atoms with Crippen molar-refractivity contribution in [3.05, 3.63) is 0 Å². The summed E-state index contributed by atoms with van der Waals surface area (Å²) in [5.74, 6) is 0.463. The number of morpholine rings is 1. The molecule has 0 aromatic carbocycles. The zero-order chi connectivity index (χ0) is 14.4.